The van der Waals surface area contributed by atoms with Crippen molar-refractivity contribution in [3.05, 3.63) is 116 Å². The molecule has 0 heterocycles. The van der Waals surface area contributed by atoms with Gasteiger partial charge in [0.2, 0.25) is 0 Å². The van der Waals surface area contributed by atoms with Crippen molar-refractivity contribution in [2.24, 2.45) is 0 Å². The minimum Gasteiger partial charge on any atom is -0.490 e. The van der Waals surface area contributed by atoms with Crippen LogP contribution in [0.1, 0.15) is 25.0 Å². The summed E-state index contributed by atoms with van der Waals surface area (Å²) in [5, 5.41) is 47.1. The first kappa shape index (κ1) is 45.7. The van der Waals surface area contributed by atoms with Crippen LogP contribution in [0.5, 0.6) is 23.0 Å². The number of aryl methyl sites for hydroxylation is 2. The largest absolute Gasteiger partial charge is 0.573 e. The van der Waals surface area contributed by atoms with E-state index in [9.17, 15) is 66.4 Å². The molecule has 22 heteroatoms. The van der Waals surface area contributed by atoms with Crippen LogP contribution in [0.2, 0.25) is 0 Å². The molecule has 2 amide bonds. The molecule has 4 aromatic rings. The number of nitro groups is 2. The van der Waals surface area contributed by atoms with Gasteiger partial charge in [-0.05, 0) is 100 Å². The van der Waals surface area contributed by atoms with Gasteiger partial charge in [-0.3, -0.25) is 29.8 Å². The van der Waals surface area contributed by atoms with E-state index in [4.69, 9.17) is 9.47 Å². The molecule has 0 aliphatic rings. The Labute approximate surface area is 324 Å². The number of carbonyl (C=O) groups excluding carboxylic acids is 2. The van der Waals surface area contributed by atoms with Gasteiger partial charge in [0.1, 0.15) is 36.2 Å². The van der Waals surface area contributed by atoms with Gasteiger partial charge in [0.25, 0.3) is 23.2 Å². The number of anilines is 2. The summed E-state index contributed by atoms with van der Waals surface area (Å²) in [5.41, 5.74) is -3.07. The summed E-state index contributed by atoms with van der Waals surface area (Å²) in [5.74, 6) is -2.33. The average Bonchev–Trinajstić information content (AvgIpc) is 3.10. The lowest BCUT2D eigenvalue weighted by atomic mass is 10.1. The highest BCUT2D eigenvalue weighted by molar-refractivity contribution is 5.97. The quantitative estimate of drug-likeness (QED) is 0.0566. The number of hydrogen-bond acceptors (Lipinski definition) is 12. The Kier molecular flexibility index (Phi) is 14.6. The van der Waals surface area contributed by atoms with Gasteiger partial charge in [0.15, 0.2) is 11.2 Å². The van der Waals surface area contributed by atoms with Crippen LogP contribution in [0.3, 0.4) is 0 Å². The molecule has 58 heavy (non-hydrogen) atoms. The van der Waals surface area contributed by atoms with E-state index in [1.807, 2.05) is 0 Å². The van der Waals surface area contributed by atoms with Crippen LogP contribution in [0.4, 0.5) is 49.1 Å². The Morgan fingerprint density at radius 3 is 1.14 bits per heavy atom. The summed E-state index contributed by atoms with van der Waals surface area (Å²) in [6.07, 6.45) is -9.64. The van der Waals surface area contributed by atoms with Crippen LogP contribution < -0.4 is 29.6 Å². The van der Waals surface area contributed by atoms with Gasteiger partial charge < -0.3 is 39.8 Å². The summed E-state index contributed by atoms with van der Waals surface area (Å²) in [6.45, 7) is 4.38. The lowest BCUT2D eigenvalue weighted by Gasteiger charge is -2.22. The van der Waals surface area contributed by atoms with Crippen molar-refractivity contribution < 1.29 is 74.9 Å². The maximum Gasteiger partial charge on any atom is 0.573 e. The summed E-state index contributed by atoms with van der Waals surface area (Å²) in [7, 11) is 0. The molecule has 4 N–H and O–H groups in total. The average molecular weight is 829 g/mol. The standard InChI is InChI=1S/2C18H17F3N2O6/c2*1-11-9-12(3-8-15(11)23(26)27)22-16(24)17(2,25)10-28-13-4-6-14(7-5-13)29-18(19,20)21/h2*3-9,25H,10H2,1-2H3,(H,22,24). The van der Waals surface area contributed by atoms with Crippen molar-refractivity contribution in [1.82, 2.24) is 0 Å². The van der Waals surface area contributed by atoms with Crippen LogP contribution in [0, 0.1) is 34.1 Å². The van der Waals surface area contributed by atoms with Crippen molar-refractivity contribution in [3.63, 3.8) is 0 Å². The number of amides is 2. The summed E-state index contributed by atoms with van der Waals surface area (Å²) < 4.78 is 90.8. The van der Waals surface area contributed by atoms with Gasteiger partial charge in [-0.1, -0.05) is 0 Å². The van der Waals surface area contributed by atoms with E-state index in [1.165, 1.54) is 88.4 Å². The molecule has 0 aliphatic heterocycles. The van der Waals surface area contributed by atoms with E-state index in [0.29, 0.717) is 11.1 Å². The van der Waals surface area contributed by atoms with Crippen LogP contribution in [-0.2, 0) is 9.59 Å². The van der Waals surface area contributed by atoms with Gasteiger partial charge in [-0.2, -0.15) is 0 Å². The first-order valence-electron chi connectivity index (χ1n) is 16.3. The Morgan fingerprint density at radius 2 is 0.879 bits per heavy atom. The minimum atomic E-state index is -4.82. The number of nitro benzene ring substituents is 2. The molecule has 16 nitrogen and oxygen atoms in total. The third-order valence-electron chi connectivity index (χ3n) is 7.44. The maximum atomic E-state index is 12.3. The Balaban J connectivity index is 0.000000310. The van der Waals surface area contributed by atoms with Gasteiger partial charge in [-0.15, -0.1) is 26.3 Å². The SMILES string of the molecule is Cc1cc(NC(=O)C(C)(O)COc2ccc(OC(F)(F)F)cc2)ccc1[N+](=O)[O-].Cc1cc(NC(=O)C(C)(O)COc2ccc(OC(F)(F)F)cc2)ccc1[N+](=O)[O-]. The van der Waals surface area contributed by atoms with Crippen molar-refractivity contribution in [2.45, 2.75) is 51.6 Å². The van der Waals surface area contributed by atoms with E-state index in [2.05, 4.69) is 20.1 Å². The molecule has 0 aromatic heterocycles. The van der Waals surface area contributed by atoms with Crippen LogP contribution >= 0.6 is 0 Å². The van der Waals surface area contributed by atoms with Crippen molar-refractivity contribution in [1.29, 1.82) is 0 Å². The Hall–Kier alpha value is -6.68. The second kappa shape index (κ2) is 18.5. The molecule has 0 saturated carbocycles. The molecule has 2 unspecified atom stereocenters. The van der Waals surface area contributed by atoms with Gasteiger partial charge in [-0.25, -0.2) is 0 Å². The number of hydrogen-bond donors (Lipinski definition) is 4. The minimum absolute atomic E-state index is 0.110. The predicted molar refractivity (Wildman–Crippen MR) is 191 cm³/mol. The second-order valence-corrected chi connectivity index (χ2v) is 12.6. The predicted octanol–water partition coefficient (Wildman–Crippen LogP) is 7.14. The molecule has 312 valence electrons. The van der Waals surface area contributed by atoms with Crippen LogP contribution in [0.15, 0.2) is 84.9 Å². The zero-order chi connectivity index (χ0) is 43.6. The number of alkyl halides is 6. The monoisotopic (exact) mass is 828 g/mol. The number of rotatable bonds is 14. The molecule has 0 radical (unpaired) electrons. The van der Waals surface area contributed by atoms with Crippen molar-refractivity contribution >= 4 is 34.6 Å². The van der Waals surface area contributed by atoms with Crippen molar-refractivity contribution in [2.75, 3.05) is 23.8 Å². The number of benzene rings is 4. The van der Waals surface area contributed by atoms with E-state index >= 15 is 0 Å². The third kappa shape index (κ3) is 14.4. The first-order chi connectivity index (χ1) is 26.7. The summed E-state index contributed by atoms with van der Waals surface area (Å²) in [4.78, 5) is 45.1. The molecule has 0 aliphatic carbocycles. The molecule has 2 atom stereocenters. The highest BCUT2D eigenvalue weighted by Crippen LogP contribution is 2.28. The van der Waals surface area contributed by atoms with Crippen molar-refractivity contribution in [3.8, 4) is 23.0 Å². The number of aliphatic hydroxyl groups is 2. The zero-order valence-electron chi connectivity index (χ0n) is 30.6. The van der Waals surface area contributed by atoms with Gasteiger partial charge >= 0.3 is 12.7 Å². The van der Waals surface area contributed by atoms with Crippen LogP contribution in [-0.4, -0.2) is 69.0 Å². The first-order valence-corrected chi connectivity index (χ1v) is 16.3. The van der Waals surface area contributed by atoms with E-state index in [0.717, 1.165) is 24.3 Å². The normalized spacial score (nSPS) is 13.3. The smallest absolute Gasteiger partial charge is 0.490 e. The summed E-state index contributed by atoms with van der Waals surface area (Å²) >= 11 is 0. The number of nitrogens with one attached hydrogen (secondary N) is 2. The van der Waals surface area contributed by atoms with E-state index in [-0.39, 0.29) is 34.2 Å². The molecule has 0 saturated heterocycles. The number of halogens is 6. The van der Waals surface area contributed by atoms with E-state index in [1.54, 1.807) is 0 Å². The van der Waals surface area contributed by atoms with Crippen LogP contribution in [0.25, 0.3) is 0 Å². The molecule has 4 rings (SSSR count). The Morgan fingerprint density at radius 1 is 0.586 bits per heavy atom. The number of nitrogens with zero attached hydrogens (tertiary/aromatic N) is 2. The lowest BCUT2D eigenvalue weighted by Crippen LogP contribution is -2.45. The molecule has 0 fully saturated rings. The Bertz CT molecular complexity index is 1940. The fourth-order valence-corrected chi connectivity index (χ4v) is 4.46. The number of ether oxygens (including phenoxy) is 4. The second-order valence-electron chi connectivity index (χ2n) is 12.6. The highest BCUT2D eigenvalue weighted by atomic mass is 19.4. The van der Waals surface area contributed by atoms with Gasteiger partial charge in [0.05, 0.1) is 9.85 Å². The third-order valence-corrected chi connectivity index (χ3v) is 7.44. The van der Waals surface area contributed by atoms with E-state index < -0.39 is 70.3 Å². The molecular formula is C36H34F6N4O12. The topological polar surface area (TPSA) is 222 Å². The van der Waals surface area contributed by atoms with Gasteiger partial charge in [0, 0.05) is 34.6 Å². The summed E-state index contributed by atoms with van der Waals surface area (Å²) in [6, 6.07) is 16.7. The highest BCUT2D eigenvalue weighted by Gasteiger charge is 2.34. The molecule has 0 bridgehead atoms. The lowest BCUT2D eigenvalue weighted by molar-refractivity contribution is -0.385. The number of carbonyl (C=O) groups is 2. The molecular weight excluding hydrogens is 794 g/mol. The zero-order valence-corrected chi connectivity index (χ0v) is 30.6. The maximum absolute atomic E-state index is 12.3. The fourth-order valence-electron chi connectivity index (χ4n) is 4.46. The fraction of sp³-hybridized carbons (Fsp3) is 0.278. The molecule has 4 aromatic carbocycles. The molecule has 0 spiro atoms.